The summed E-state index contributed by atoms with van der Waals surface area (Å²) < 4.78 is 12.5. The zero-order valence-electron chi connectivity index (χ0n) is 30.5. The van der Waals surface area contributed by atoms with Crippen LogP contribution >= 0.6 is 0 Å². The lowest BCUT2D eigenvalue weighted by atomic mass is 9.59. The van der Waals surface area contributed by atoms with E-state index in [-0.39, 0.29) is 54.7 Å². The smallest absolute Gasteiger partial charge is 0.350 e. The molecular formula is C41H61N3O6. The van der Waals surface area contributed by atoms with Crippen LogP contribution in [-0.2, 0) is 23.9 Å². The van der Waals surface area contributed by atoms with Gasteiger partial charge in [-0.05, 0) is 113 Å². The SMILES string of the molecule is CCN[C@H]1C=C2C=CCC[C@H]2C[C@H]1COC(=O)[C@]12O[C@@]1(CC(CO)=C(C)CC1(C3CCNC(N)C3)CCCCC1)C(=O)C1CCCCC1C2=O. The highest BCUT2D eigenvalue weighted by atomic mass is 16.7. The van der Waals surface area contributed by atoms with Crippen LogP contribution < -0.4 is 16.4 Å². The number of Topliss-reactive ketones (excluding diaryl/α,β-unsaturated/α-hetero) is 2. The van der Waals surface area contributed by atoms with E-state index < -0.39 is 29.0 Å². The lowest BCUT2D eigenvalue weighted by Crippen LogP contribution is -2.58. The monoisotopic (exact) mass is 691 g/mol. The van der Waals surface area contributed by atoms with Crippen LogP contribution in [0.5, 0.6) is 0 Å². The van der Waals surface area contributed by atoms with Gasteiger partial charge >= 0.3 is 5.97 Å². The Morgan fingerprint density at radius 2 is 1.80 bits per heavy atom. The molecule has 0 amide bonds. The minimum absolute atomic E-state index is 0.00642. The van der Waals surface area contributed by atoms with Gasteiger partial charge in [-0.2, -0.15) is 0 Å². The van der Waals surface area contributed by atoms with Crippen LogP contribution in [-0.4, -0.2) is 72.4 Å². The second-order valence-electron chi connectivity index (χ2n) is 17.0. The molecule has 0 spiro atoms. The fourth-order valence-electron chi connectivity index (χ4n) is 11.4. The van der Waals surface area contributed by atoms with Crippen molar-refractivity contribution in [3.63, 3.8) is 0 Å². The molecule has 0 aromatic rings. The Morgan fingerprint density at radius 3 is 2.52 bits per heavy atom. The summed E-state index contributed by atoms with van der Waals surface area (Å²) in [5.41, 5.74) is 6.08. The van der Waals surface area contributed by atoms with Crippen LogP contribution in [0.15, 0.2) is 34.9 Å². The average molecular weight is 692 g/mol. The maximum atomic E-state index is 14.6. The molecule has 2 heterocycles. The van der Waals surface area contributed by atoms with Crippen molar-refractivity contribution in [1.29, 1.82) is 0 Å². The number of aliphatic hydroxyl groups is 1. The highest BCUT2D eigenvalue weighted by Crippen LogP contribution is 2.62. The summed E-state index contributed by atoms with van der Waals surface area (Å²) in [7, 11) is 0. The second-order valence-corrected chi connectivity index (χ2v) is 17.0. The normalized spacial score (nSPS) is 39.8. The number of likely N-dealkylation sites (N-methyl/N-ethyl adjacent to an activating group) is 1. The number of esters is 1. The number of nitrogens with one attached hydrogen (secondary N) is 2. The van der Waals surface area contributed by atoms with Gasteiger partial charge < -0.3 is 30.9 Å². The third kappa shape index (κ3) is 6.31. The van der Waals surface area contributed by atoms with E-state index in [0.29, 0.717) is 24.7 Å². The number of nitrogens with two attached hydrogens (primary N) is 1. The minimum atomic E-state index is -1.93. The molecule has 9 atom stereocenters. The molecule has 9 heteroatoms. The van der Waals surface area contributed by atoms with Gasteiger partial charge in [-0.15, -0.1) is 0 Å². The average Bonchev–Trinajstić information content (AvgIpc) is 3.84. The lowest BCUT2D eigenvalue weighted by Gasteiger charge is -2.47. The van der Waals surface area contributed by atoms with Crippen molar-refractivity contribution < 1.29 is 29.0 Å². The van der Waals surface area contributed by atoms with Gasteiger partial charge in [0.05, 0.1) is 19.4 Å². The van der Waals surface area contributed by atoms with Gasteiger partial charge in [0.25, 0.3) is 5.60 Å². The number of hydrogen-bond acceptors (Lipinski definition) is 9. The van der Waals surface area contributed by atoms with Crippen molar-refractivity contribution in [1.82, 2.24) is 10.6 Å². The Hall–Kier alpha value is -2.17. The van der Waals surface area contributed by atoms with E-state index in [1.807, 2.05) is 0 Å². The number of ether oxygens (including phenoxy) is 2. The number of piperidine rings is 1. The Kier molecular flexibility index (Phi) is 10.6. The summed E-state index contributed by atoms with van der Waals surface area (Å²) in [5, 5.41) is 17.9. The molecule has 50 heavy (non-hydrogen) atoms. The fourth-order valence-corrected chi connectivity index (χ4v) is 11.4. The number of rotatable bonds is 11. The molecule has 0 radical (unpaired) electrons. The van der Waals surface area contributed by atoms with Crippen molar-refractivity contribution in [3.8, 4) is 0 Å². The maximum Gasteiger partial charge on any atom is 0.350 e. The van der Waals surface area contributed by atoms with Crippen LogP contribution in [0.2, 0.25) is 0 Å². The molecule has 7 rings (SSSR count). The zero-order valence-corrected chi connectivity index (χ0v) is 30.5. The number of carbonyl (C=O) groups is 3. The molecule has 5 N–H and O–H groups in total. The van der Waals surface area contributed by atoms with E-state index in [4.69, 9.17) is 15.2 Å². The highest BCUT2D eigenvalue weighted by molar-refractivity contribution is 6.23. The van der Waals surface area contributed by atoms with E-state index in [1.54, 1.807) is 0 Å². The number of fused-ring (bicyclic) bond motifs is 3. The number of hydrogen-bond donors (Lipinski definition) is 4. The molecule has 276 valence electrons. The van der Waals surface area contributed by atoms with Gasteiger partial charge in [0.15, 0.2) is 17.2 Å². The summed E-state index contributed by atoms with van der Waals surface area (Å²) in [4.78, 5) is 43.4. The van der Waals surface area contributed by atoms with E-state index in [0.717, 1.165) is 88.4 Å². The van der Waals surface area contributed by atoms with Crippen molar-refractivity contribution in [3.05, 3.63) is 34.9 Å². The zero-order chi connectivity index (χ0) is 35.1. The van der Waals surface area contributed by atoms with Crippen molar-refractivity contribution >= 4 is 17.5 Å². The Labute approximate surface area is 298 Å². The number of carbonyl (C=O) groups excluding carboxylic acids is 3. The quantitative estimate of drug-likeness (QED) is 0.0994. The molecule has 9 nitrogen and oxygen atoms in total. The molecule has 0 aromatic heterocycles. The summed E-state index contributed by atoms with van der Waals surface area (Å²) >= 11 is 0. The third-order valence-electron chi connectivity index (χ3n) is 14.2. The van der Waals surface area contributed by atoms with Gasteiger partial charge in [0.2, 0.25) is 0 Å². The first kappa shape index (κ1) is 36.2. The molecule has 3 saturated carbocycles. The van der Waals surface area contributed by atoms with Gasteiger partial charge in [0.1, 0.15) is 0 Å². The first-order chi connectivity index (χ1) is 24.2. The van der Waals surface area contributed by atoms with Crippen LogP contribution in [0, 0.1) is 35.0 Å². The Morgan fingerprint density at radius 1 is 1.04 bits per heavy atom. The summed E-state index contributed by atoms with van der Waals surface area (Å²) in [6.07, 6.45) is 21.5. The molecule has 4 unspecified atom stereocenters. The standard InChI is InChI=1S/C41H61N3O6/c1-3-43-34-20-28-12-6-5-11-27(28)19-29(34)25-49-38(48)41-37(47)33-14-8-7-13-32(33)36(46)40(41,50-41)23-30(24-45)26(2)22-39(16-9-4-10-17-39)31-15-18-44-35(42)21-31/h6,12,20,27,29,31-35,43-45H,3-5,7-11,13-19,21-25,42H2,1-2H3/t27-,29-,31?,32?,33?,34-,35?,40-,41-/m0/s1. The molecule has 2 aliphatic heterocycles. The predicted octanol–water partition coefficient (Wildman–Crippen LogP) is 5.21. The Balaban J connectivity index is 1.15. The van der Waals surface area contributed by atoms with Crippen LogP contribution in [0.1, 0.15) is 117 Å². The first-order valence-electron chi connectivity index (χ1n) is 20.0. The minimum Gasteiger partial charge on any atom is -0.463 e. The van der Waals surface area contributed by atoms with Crippen molar-refractivity contribution in [2.75, 3.05) is 26.3 Å². The van der Waals surface area contributed by atoms with Crippen LogP contribution in [0.4, 0.5) is 0 Å². The second kappa shape index (κ2) is 14.7. The topological polar surface area (TPSA) is 143 Å². The first-order valence-corrected chi connectivity index (χ1v) is 20.0. The van der Waals surface area contributed by atoms with E-state index in [9.17, 15) is 19.5 Å². The molecule has 2 saturated heterocycles. The molecule has 0 bridgehead atoms. The van der Waals surface area contributed by atoms with Gasteiger partial charge in [-0.3, -0.25) is 9.59 Å². The van der Waals surface area contributed by atoms with Gasteiger partial charge in [-0.1, -0.05) is 62.8 Å². The summed E-state index contributed by atoms with van der Waals surface area (Å²) in [5.74, 6) is -1.11. The number of epoxide rings is 1. The predicted molar refractivity (Wildman–Crippen MR) is 192 cm³/mol. The molecule has 5 fully saturated rings. The van der Waals surface area contributed by atoms with Gasteiger partial charge in [-0.25, -0.2) is 4.79 Å². The highest BCUT2D eigenvalue weighted by Gasteiger charge is 2.87. The number of ketones is 2. The summed E-state index contributed by atoms with van der Waals surface area (Å²) in [6.45, 7) is 5.78. The fraction of sp³-hybridized carbons (Fsp3) is 0.780. The maximum absolute atomic E-state index is 14.6. The van der Waals surface area contributed by atoms with E-state index in [1.165, 1.54) is 24.8 Å². The molecule has 7 aliphatic rings. The Bertz CT molecular complexity index is 1410. The lowest BCUT2D eigenvalue weighted by molar-refractivity contribution is -0.160. The number of allylic oxidation sites excluding steroid dienone is 4. The molecular weight excluding hydrogens is 630 g/mol. The molecule has 0 aromatic carbocycles. The van der Waals surface area contributed by atoms with E-state index in [2.05, 4.69) is 42.7 Å². The number of aliphatic hydroxyl groups excluding tert-OH is 1. The molecule has 5 aliphatic carbocycles. The van der Waals surface area contributed by atoms with Gasteiger partial charge in [0, 0.05) is 30.2 Å². The summed E-state index contributed by atoms with van der Waals surface area (Å²) in [6, 6.07) is 0.0590. The van der Waals surface area contributed by atoms with E-state index >= 15 is 0 Å². The van der Waals surface area contributed by atoms with Crippen molar-refractivity contribution in [2.24, 2.45) is 40.7 Å². The van der Waals surface area contributed by atoms with Crippen molar-refractivity contribution in [2.45, 2.75) is 140 Å². The largest absolute Gasteiger partial charge is 0.463 e. The van der Waals surface area contributed by atoms with Crippen LogP contribution in [0.3, 0.4) is 0 Å². The van der Waals surface area contributed by atoms with Crippen LogP contribution in [0.25, 0.3) is 0 Å². The third-order valence-corrected chi connectivity index (χ3v) is 14.2.